The lowest BCUT2D eigenvalue weighted by Crippen LogP contribution is -2.39. The van der Waals surface area contributed by atoms with E-state index < -0.39 is 0 Å². The Kier molecular flexibility index (Phi) is 4.09. The van der Waals surface area contributed by atoms with E-state index in [4.69, 9.17) is 0 Å². The molecule has 1 heterocycles. The zero-order valence-corrected chi connectivity index (χ0v) is 7.92. The number of hydrogen-bond donors (Lipinski definition) is 1. The highest BCUT2D eigenvalue weighted by molar-refractivity contribution is 5.03. The van der Waals surface area contributed by atoms with Gasteiger partial charge < -0.3 is 5.32 Å². The minimum atomic E-state index is 0.535. The molecule has 12 heavy (non-hydrogen) atoms. The second kappa shape index (κ2) is 5.15. The Morgan fingerprint density at radius 3 is 3.17 bits per heavy atom. The van der Waals surface area contributed by atoms with E-state index in [9.17, 15) is 0 Å². The standard InChI is InChI=1S/C11H19N/c1-3-6-10-8-5-9-11(12-10)7-4-2/h3,5,8,10-12H,1,4,6-7,9H2,2H3/t10-,11-/m0/s1. The molecule has 1 aliphatic heterocycles. The molecule has 0 aliphatic carbocycles. The highest BCUT2D eigenvalue weighted by atomic mass is 14.9. The maximum Gasteiger partial charge on any atom is 0.0287 e. The summed E-state index contributed by atoms with van der Waals surface area (Å²) < 4.78 is 0. The molecular weight excluding hydrogens is 146 g/mol. The van der Waals surface area contributed by atoms with Crippen LogP contribution in [0.15, 0.2) is 24.8 Å². The smallest absolute Gasteiger partial charge is 0.0287 e. The quantitative estimate of drug-likeness (QED) is 0.631. The minimum absolute atomic E-state index is 0.535. The highest BCUT2D eigenvalue weighted by Crippen LogP contribution is 2.11. The fraction of sp³-hybridized carbons (Fsp3) is 0.636. The first kappa shape index (κ1) is 9.53. The maximum atomic E-state index is 3.75. The molecule has 1 rings (SSSR count). The van der Waals surface area contributed by atoms with Gasteiger partial charge in [0.1, 0.15) is 0 Å². The predicted molar refractivity (Wildman–Crippen MR) is 54.2 cm³/mol. The molecule has 0 saturated carbocycles. The summed E-state index contributed by atoms with van der Waals surface area (Å²) in [6.45, 7) is 5.99. The maximum absolute atomic E-state index is 3.75. The molecule has 0 fully saturated rings. The second-order valence-electron chi connectivity index (χ2n) is 3.45. The van der Waals surface area contributed by atoms with E-state index >= 15 is 0 Å². The van der Waals surface area contributed by atoms with Gasteiger partial charge in [0.05, 0.1) is 0 Å². The first-order valence-corrected chi connectivity index (χ1v) is 4.90. The van der Waals surface area contributed by atoms with Gasteiger partial charge in [-0.05, 0) is 19.3 Å². The normalized spacial score (nSPS) is 28.8. The van der Waals surface area contributed by atoms with Crippen molar-refractivity contribution in [1.29, 1.82) is 0 Å². The van der Waals surface area contributed by atoms with Gasteiger partial charge in [-0.25, -0.2) is 0 Å². The lowest BCUT2D eigenvalue weighted by atomic mass is 10.0. The molecule has 68 valence electrons. The van der Waals surface area contributed by atoms with Crippen molar-refractivity contribution in [1.82, 2.24) is 5.32 Å². The summed E-state index contributed by atoms with van der Waals surface area (Å²) in [6, 6.07) is 1.23. The van der Waals surface area contributed by atoms with E-state index in [1.807, 2.05) is 6.08 Å². The van der Waals surface area contributed by atoms with Crippen LogP contribution in [-0.2, 0) is 0 Å². The fourth-order valence-electron chi connectivity index (χ4n) is 1.71. The molecule has 0 amide bonds. The monoisotopic (exact) mass is 165 g/mol. The average Bonchev–Trinajstić information content (AvgIpc) is 2.06. The summed E-state index contributed by atoms with van der Waals surface area (Å²) in [4.78, 5) is 0. The van der Waals surface area contributed by atoms with Crippen molar-refractivity contribution in [3.05, 3.63) is 24.8 Å². The van der Waals surface area contributed by atoms with Crippen LogP contribution in [0.5, 0.6) is 0 Å². The zero-order valence-electron chi connectivity index (χ0n) is 7.92. The van der Waals surface area contributed by atoms with Crippen LogP contribution in [0.1, 0.15) is 32.6 Å². The predicted octanol–water partition coefficient (Wildman–Crippen LogP) is 2.65. The van der Waals surface area contributed by atoms with Gasteiger partial charge in [0.15, 0.2) is 0 Å². The Morgan fingerprint density at radius 1 is 1.67 bits per heavy atom. The summed E-state index contributed by atoms with van der Waals surface area (Å²) in [5.74, 6) is 0. The molecule has 1 nitrogen and oxygen atoms in total. The molecule has 0 saturated heterocycles. The fourth-order valence-corrected chi connectivity index (χ4v) is 1.71. The molecule has 1 aliphatic rings. The molecule has 1 N–H and O–H groups in total. The Bertz CT molecular complexity index is 160. The Labute approximate surface area is 75.6 Å². The van der Waals surface area contributed by atoms with Gasteiger partial charge in [-0.1, -0.05) is 31.6 Å². The Balaban J connectivity index is 2.34. The van der Waals surface area contributed by atoms with E-state index in [1.165, 1.54) is 19.3 Å². The summed E-state index contributed by atoms with van der Waals surface area (Å²) in [5, 5.41) is 3.60. The van der Waals surface area contributed by atoms with Crippen LogP contribution in [0.3, 0.4) is 0 Å². The lowest BCUT2D eigenvalue weighted by Gasteiger charge is -2.25. The highest BCUT2D eigenvalue weighted by Gasteiger charge is 2.13. The molecule has 0 spiro atoms. The minimum Gasteiger partial charge on any atom is -0.307 e. The Hall–Kier alpha value is -0.560. The van der Waals surface area contributed by atoms with Gasteiger partial charge in [-0.2, -0.15) is 0 Å². The summed E-state index contributed by atoms with van der Waals surface area (Å²) in [6.07, 6.45) is 11.3. The van der Waals surface area contributed by atoms with Crippen molar-refractivity contribution >= 4 is 0 Å². The van der Waals surface area contributed by atoms with E-state index in [-0.39, 0.29) is 0 Å². The third-order valence-corrected chi connectivity index (χ3v) is 2.30. The van der Waals surface area contributed by atoms with Gasteiger partial charge in [0.2, 0.25) is 0 Å². The molecule has 1 heteroatoms. The summed E-state index contributed by atoms with van der Waals surface area (Å²) in [7, 11) is 0. The topological polar surface area (TPSA) is 12.0 Å². The van der Waals surface area contributed by atoms with Gasteiger partial charge in [0, 0.05) is 12.1 Å². The first-order chi connectivity index (χ1) is 5.86. The lowest BCUT2D eigenvalue weighted by molar-refractivity contribution is 0.426. The van der Waals surface area contributed by atoms with Crippen LogP contribution in [0, 0.1) is 0 Å². The van der Waals surface area contributed by atoms with Crippen LogP contribution < -0.4 is 5.32 Å². The van der Waals surface area contributed by atoms with Crippen molar-refractivity contribution < 1.29 is 0 Å². The van der Waals surface area contributed by atoms with E-state index in [1.54, 1.807) is 0 Å². The van der Waals surface area contributed by atoms with Crippen molar-refractivity contribution in [2.24, 2.45) is 0 Å². The van der Waals surface area contributed by atoms with Gasteiger partial charge in [0.25, 0.3) is 0 Å². The van der Waals surface area contributed by atoms with E-state index in [0.717, 1.165) is 6.42 Å². The third-order valence-electron chi connectivity index (χ3n) is 2.30. The van der Waals surface area contributed by atoms with Crippen molar-refractivity contribution in [3.63, 3.8) is 0 Å². The molecule has 0 aromatic rings. The molecule has 0 radical (unpaired) electrons. The van der Waals surface area contributed by atoms with Crippen molar-refractivity contribution in [2.75, 3.05) is 0 Å². The Morgan fingerprint density at radius 2 is 2.50 bits per heavy atom. The molecule has 0 aromatic carbocycles. The van der Waals surface area contributed by atoms with Gasteiger partial charge >= 0.3 is 0 Å². The summed E-state index contributed by atoms with van der Waals surface area (Å²) in [5.41, 5.74) is 0. The van der Waals surface area contributed by atoms with Gasteiger partial charge in [-0.15, -0.1) is 6.58 Å². The SMILES string of the molecule is C=CC[C@H]1C=CC[C@H](CCC)N1. The van der Waals surface area contributed by atoms with E-state index in [0.29, 0.717) is 12.1 Å². The average molecular weight is 165 g/mol. The first-order valence-electron chi connectivity index (χ1n) is 4.90. The molecule has 0 unspecified atom stereocenters. The van der Waals surface area contributed by atoms with Crippen LogP contribution in [-0.4, -0.2) is 12.1 Å². The molecule has 0 bridgehead atoms. The van der Waals surface area contributed by atoms with Crippen LogP contribution in [0.4, 0.5) is 0 Å². The van der Waals surface area contributed by atoms with Crippen LogP contribution in [0.2, 0.25) is 0 Å². The molecule has 0 aromatic heterocycles. The largest absolute Gasteiger partial charge is 0.307 e. The number of rotatable bonds is 4. The molecule has 2 atom stereocenters. The second-order valence-corrected chi connectivity index (χ2v) is 3.45. The summed E-state index contributed by atoms with van der Waals surface area (Å²) >= 11 is 0. The number of nitrogens with one attached hydrogen (secondary N) is 1. The van der Waals surface area contributed by atoms with Crippen LogP contribution in [0.25, 0.3) is 0 Å². The van der Waals surface area contributed by atoms with Gasteiger partial charge in [-0.3, -0.25) is 0 Å². The van der Waals surface area contributed by atoms with E-state index in [2.05, 4.69) is 31.0 Å². The van der Waals surface area contributed by atoms with Crippen LogP contribution >= 0.6 is 0 Å². The van der Waals surface area contributed by atoms with Crippen molar-refractivity contribution in [3.8, 4) is 0 Å². The molecular formula is C11H19N. The zero-order chi connectivity index (χ0) is 8.81. The third kappa shape index (κ3) is 2.82. The number of hydrogen-bond acceptors (Lipinski definition) is 1. The van der Waals surface area contributed by atoms with Crippen molar-refractivity contribution in [2.45, 2.75) is 44.7 Å².